The molecule has 0 unspecified atom stereocenters. The topological polar surface area (TPSA) is 93.7 Å². The Bertz CT molecular complexity index is 1270. The second-order valence-electron chi connectivity index (χ2n) is 7.82. The molecule has 2 amide bonds. The quantitative estimate of drug-likeness (QED) is 0.177. The van der Waals surface area contributed by atoms with Gasteiger partial charge in [-0.2, -0.15) is 0 Å². The molecule has 0 radical (unpaired) electrons. The fourth-order valence-electron chi connectivity index (χ4n) is 3.25. The molecule has 0 spiro atoms. The number of esters is 1. The minimum absolute atomic E-state index is 0.102. The zero-order valence-corrected chi connectivity index (χ0v) is 22.1. The first-order chi connectivity index (χ1) is 18.5. The van der Waals surface area contributed by atoms with Gasteiger partial charge in [-0.25, -0.2) is 4.79 Å². The highest BCUT2D eigenvalue weighted by molar-refractivity contribution is 7.99. The summed E-state index contributed by atoms with van der Waals surface area (Å²) in [5.74, 6) is 0.116. The Hall–Kier alpha value is -4.30. The van der Waals surface area contributed by atoms with Crippen molar-refractivity contribution < 1.29 is 23.9 Å². The number of thioether (sulfide) groups is 1. The van der Waals surface area contributed by atoms with E-state index in [0.29, 0.717) is 30.2 Å². The number of hydrogen-bond donors (Lipinski definition) is 2. The van der Waals surface area contributed by atoms with E-state index in [1.165, 1.54) is 6.08 Å². The molecule has 0 aromatic heterocycles. The number of anilines is 1. The predicted octanol–water partition coefficient (Wildman–Crippen LogP) is 5.71. The number of amides is 2. The van der Waals surface area contributed by atoms with Gasteiger partial charge in [0.1, 0.15) is 11.4 Å². The number of carbonyl (C=O) groups excluding carboxylic acids is 3. The normalized spacial score (nSPS) is 11.2. The first kappa shape index (κ1) is 28.3. The molecular formula is C30H30N2O5S. The Labute approximate surface area is 226 Å². The molecule has 0 aliphatic carbocycles. The molecule has 0 saturated heterocycles. The lowest BCUT2D eigenvalue weighted by Gasteiger charge is -2.12. The van der Waals surface area contributed by atoms with Crippen molar-refractivity contribution in [3.05, 3.63) is 108 Å². The van der Waals surface area contributed by atoms with E-state index in [4.69, 9.17) is 9.47 Å². The van der Waals surface area contributed by atoms with Gasteiger partial charge in [-0.15, -0.1) is 11.8 Å². The van der Waals surface area contributed by atoms with Crippen LogP contribution in [-0.4, -0.2) is 36.8 Å². The molecule has 0 atom stereocenters. The van der Waals surface area contributed by atoms with E-state index in [1.807, 2.05) is 49.4 Å². The summed E-state index contributed by atoms with van der Waals surface area (Å²) in [6.45, 7) is 4.56. The van der Waals surface area contributed by atoms with Gasteiger partial charge in [0.25, 0.3) is 11.8 Å². The molecule has 2 N–H and O–H groups in total. The van der Waals surface area contributed by atoms with Gasteiger partial charge in [0.2, 0.25) is 0 Å². The molecule has 0 aliphatic rings. The molecule has 0 heterocycles. The number of nitrogens with one attached hydrogen (secondary N) is 2. The van der Waals surface area contributed by atoms with Gasteiger partial charge >= 0.3 is 5.97 Å². The first-order valence-electron chi connectivity index (χ1n) is 12.2. The van der Waals surface area contributed by atoms with Gasteiger partial charge in [0.05, 0.1) is 13.2 Å². The van der Waals surface area contributed by atoms with Crippen molar-refractivity contribution in [2.75, 3.05) is 24.3 Å². The highest BCUT2D eigenvalue weighted by Gasteiger charge is 2.15. The van der Waals surface area contributed by atoms with Gasteiger partial charge in [-0.05, 0) is 74.0 Å². The van der Waals surface area contributed by atoms with E-state index in [2.05, 4.69) is 10.6 Å². The smallest absolute Gasteiger partial charge is 0.330 e. The van der Waals surface area contributed by atoms with Crippen LogP contribution in [0.4, 0.5) is 5.69 Å². The summed E-state index contributed by atoms with van der Waals surface area (Å²) in [6.07, 6.45) is 4.77. The molecule has 38 heavy (non-hydrogen) atoms. The predicted molar refractivity (Wildman–Crippen MR) is 151 cm³/mol. The van der Waals surface area contributed by atoms with E-state index < -0.39 is 5.91 Å². The Morgan fingerprint density at radius 3 is 2.24 bits per heavy atom. The number of ether oxygens (including phenoxy) is 2. The van der Waals surface area contributed by atoms with Crippen LogP contribution in [0.2, 0.25) is 0 Å². The van der Waals surface area contributed by atoms with Gasteiger partial charge in [0, 0.05) is 28.0 Å². The lowest BCUT2D eigenvalue weighted by molar-refractivity contribution is -0.137. The van der Waals surface area contributed by atoms with Crippen molar-refractivity contribution in [3.63, 3.8) is 0 Å². The summed E-state index contributed by atoms with van der Waals surface area (Å²) in [4.78, 5) is 38.3. The fourth-order valence-corrected chi connectivity index (χ4v) is 3.96. The van der Waals surface area contributed by atoms with Crippen molar-refractivity contribution in [1.29, 1.82) is 0 Å². The van der Waals surface area contributed by atoms with Crippen LogP contribution in [0.5, 0.6) is 5.75 Å². The SMILES string of the molecule is CCOC(=O)/C=C/CSc1ccc(NC(=O)/C(=C/c2ccc(OCC)cc2)NC(=O)c2ccccc2)cc1. The monoisotopic (exact) mass is 530 g/mol. The van der Waals surface area contributed by atoms with E-state index in [0.717, 1.165) is 16.2 Å². The molecule has 0 saturated carbocycles. The van der Waals surface area contributed by atoms with Crippen molar-refractivity contribution in [2.45, 2.75) is 18.7 Å². The molecule has 0 fully saturated rings. The maximum atomic E-state index is 13.2. The zero-order chi connectivity index (χ0) is 27.2. The Kier molecular flexibility index (Phi) is 11.2. The first-order valence-corrected chi connectivity index (χ1v) is 13.2. The van der Waals surface area contributed by atoms with Gasteiger partial charge in [-0.3, -0.25) is 9.59 Å². The summed E-state index contributed by atoms with van der Waals surface area (Å²) < 4.78 is 10.3. The minimum Gasteiger partial charge on any atom is -0.494 e. The van der Waals surface area contributed by atoms with E-state index in [9.17, 15) is 14.4 Å². The lowest BCUT2D eigenvalue weighted by atomic mass is 10.1. The average molecular weight is 531 g/mol. The molecule has 7 nitrogen and oxygen atoms in total. The van der Waals surface area contributed by atoms with E-state index in [1.54, 1.807) is 67.2 Å². The van der Waals surface area contributed by atoms with Crippen LogP contribution in [0.25, 0.3) is 6.08 Å². The van der Waals surface area contributed by atoms with Crippen LogP contribution in [0, 0.1) is 0 Å². The maximum Gasteiger partial charge on any atom is 0.330 e. The third-order valence-corrected chi connectivity index (χ3v) is 5.99. The van der Waals surface area contributed by atoms with Gasteiger partial charge < -0.3 is 20.1 Å². The molecule has 3 aromatic carbocycles. The van der Waals surface area contributed by atoms with Crippen molar-refractivity contribution in [2.24, 2.45) is 0 Å². The number of hydrogen-bond acceptors (Lipinski definition) is 6. The van der Waals surface area contributed by atoms with Crippen molar-refractivity contribution >= 4 is 41.3 Å². The third-order valence-electron chi connectivity index (χ3n) is 5.03. The molecular weight excluding hydrogens is 500 g/mol. The zero-order valence-electron chi connectivity index (χ0n) is 21.3. The summed E-state index contributed by atoms with van der Waals surface area (Å²) in [7, 11) is 0. The van der Waals surface area contributed by atoms with Crippen LogP contribution < -0.4 is 15.4 Å². The number of carbonyl (C=O) groups is 3. The van der Waals surface area contributed by atoms with E-state index >= 15 is 0 Å². The molecule has 3 aromatic rings. The van der Waals surface area contributed by atoms with Crippen LogP contribution >= 0.6 is 11.8 Å². The second-order valence-corrected chi connectivity index (χ2v) is 8.92. The molecule has 0 aliphatic heterocycles. The molecule has 196 valence electrons. The van der Waals surface area contributed by atoms with Crippen LogP contribution in [-0.2, 0) is 14.3 Å². The lowest BCUT2D eigenvalue weighted by Crippen LogP contribution is -2.30. The highest BCUT2D eigenvalue weighted by atomic mass is 32.2. The van der Waals surface area contributed by atoms with Crippen molar-refractivity contribution in [1.82, 2.24) is 5.32 Å². The van der Waals surface area contributed by atoms with Gasteiger partial charge in [0.15, 0.2) is 0 Å². The van der Waals surface area contributed by atoms with Crippen LogP contribution in [0.1, 0.15) is 29.8 Å². The Balaban J connectivity index is 1.70. The van der Waals surface area contributed by atoms with Gasteiger partial charge in [-0.1, -0.05) is 36.4 Å². The maximum absolute atomic E-state index is 13.2. The third kappa shape index (κ3) is 9.29. The largest absolute Gasteiger partial charge is 0.494 e. The summed E-state index contributed by atoms with van der Waals surface area (Å²) in [5.41, 5.74) is 1.85. The Morgan fingerprint density at radius 2 is 1.58 bits per heavy atom. The highest BCUT2D eigenvalue weighted by Crippen LogP contribution is 2.21. The number of rotatable bonds is 12. The summed E-state index contributed by atoms with van der Waals surface area (Å²) >= 11 is 1.54. The molecule has 8 heteroatoms. The van der Waals surface area contributed by atoms with Crippen LogP contribution in [0.15, 0.2) is 102 Å². The second kappa shape index (κ2) is 15.1. The number of benzene rings is 3. The summed E-state index contributed by atoms with van der Waals surface area (Å²) in [5, 5.41) is 5.58. The van der Waals surface area contributed by atoms with Crippen molar-refractivity contribution in [3.8, 4) is 5.75 Å². The fraction of sp³-hybridized carbons (Fsp3) is 0.167. The molecule has 3 rings (SSSR count). The van der Waals surface area contributed by atoms with E-state index in [-0.39, 0.29) is 17.6 Å². The summed E-state index contributed by atoms with van der Waals surface area (Å²) in [6, 6.07) is 23.3. The Morgan fingerprint density at radius 1 is 0.868 bits per heavy atom. The standard InChI is InChI=1S/C30H30N2O5S/c1-3-36-25-16-12-22(13-17-25)21-27(32-29(34)23-9-6-5-7-10-23)30(35)31-24-14-18-26(19-15-24)38-20-8-11-28(33)37-4-2/h5-19,21H,3-4,20H2,1-2H3,(H,31,35)(H,32,34)/b11-8+,27-21-. The van der Waals surface area contributed by atoms with Crippen LogP contribution in [0.3, 0.4) is 0 Å². The average Bonchev–Trinajstić information content (AvgIpc) is 2.93. The molecule has 0 bridgehead atoms. The minimum atomic E-state index is -0.457.